The van der Waals surface area contributed by atoms with Crippen LogP contribution in [0.25, 0.3) is 0 Å². The van der Waals surface area contributed by atoms with Crippen LogP contribution in [-0.2, 0) is 18.0 Å². The van der Waals surface area contributed by atoms with Crippen molar-refractivity contribution in [2.24, 2.45) is 5.73 Å². The molecule has 0 aliphatic carbocycles. The third-order valence-electron chi connectivity index (χ3n) is 2.36. The molecular formula is C13H13NOS2. The van der Waals surface area contributed by atoms with Crippen molar-refractivity contribution in [1.82, 2.24) is 0 Å². The second-order valence-electron chi connectivity index (χ2n) is 3.59. The van der Waals surface area contributed by atoms with Crippen LogP contribution < -0.4 is 5.73 Å². The van der Waals surface area contributed by atoms with Crippen molar-refractivity contribution in [1.29, 1.82) is 0 Å². The number of thiophene rings is 1. The molecule has 0 bridgehead atoms. The van der Waals surface area contributed by atoms with E-state index in [0.29, 0.717) is 18.2 Å². The van der Waals surface area contributed by atoms with E-state index in [1.54, 1.807) is 11.3 Å². The van der Waals surface area contributed by atoms with Gasteiger partial charge < -0.3 is 10.5 Å². The first-order valence-electron chi connectivity index (χ1n) is 5.25. The minimum absolute atomic E-state index is 0.417. The molecule has 2 nitrogen and oxygen atoms in total. The van der Waals surface area contributed by atoms with Gasteiger partial charge in [0, 0.05) is 10.4 Å². The van der Waals surface area contributed by atoms with Gasteiger partial charge in [-0.25, -0.2) is 0 Å². The van der Waals surface area contributed by atoms with Gasteiger partial charge in [-0.2, -0.15) is 0 Å². The molecule has 0 radical (unpaired) electrons. The van der Waals surface area contributed by atoms with Crippen molar-refractivity contribution in [3.63, 3.8) is 0 Å². The van der Waals surface area contributed by atoms with Crippen LogP contribution in [0.2, 0.25) is 0 Å². The quantitative estimate of drug-likeness (QED) is 0.842. The van der Waals surface area contributed by atoms with Crippen molar-refractivity contribution in [3.05, 3.63) is 57.8 Å². The Hall–Kier alpha value is -1.23. The molecule has 1 aromatic heterocycles. The number of nitrogens with two attached hydrogens (primary N) is 1. The summed E-state index contributed by atoms with van der Waals surface area (Å²) in [5.74, 6) is 0. The summed E-state index contributed by atoms with van der Waals surface area (Å²) in [4.78, 5) is 1.64. The van der Waals surface area contributed by atoms with E-state index in [1.165, 1.54) is 4.88 Å². The summed E-state index contributed by atoms with van der Waals surface area (Å²) in [6.07, 6.45) is 0. The number of rotatable bonds is 5. The van der Waals surface area contributed by atoms with E-state index < -0.39 is 0 Å². The first-order valence-corrected chi connectivity index (χ1v) is 6.54. The van der Waals surface area contributed by atoms with Crippen LogP contribution in [-0.4, -0.2) is 4.99 Å². The van der Waals surface area contributed by atoms with Crippen molar-refractivity contribution >= 4 is 28.5 Å². The van der Waals surface area contributed by atoms with E-state index in [2.05, 4.69) is 6.07 Å². The molecule has 0 saturated carbocycles. The first kappa shape index (κ1) is 12.2. The fraction of sp³-hybridized carbons (Fsp3) is 0.154. The van der Waals surface area contributed by atoms with Gasteiger partial charge in [0.05, 0.1) is 13.2 Å². The highest BCUT2D eigenvalue weighted by atomic mass is 32.1. The highest BCUT2D eigenvalue weighted by molar-refractivity contribution is 7.80. The molecule has 0 aliphatic heterocycles. The van der Waals surface area contributed by atoms with Gasteiger partial charge in [0.1, 0.15) is 4.99 Å². The zero-order valence-electron chi connectivity index (χ0n) is 9.26. The summed E-state index contributed by atoms with van der Waals surface area (Å²) in [5.41, 5.74) is 7.59. The van der Waals surface area contributed by atoms with E-state index >= 15 is 0 Å². The highest BCUT2D eigenvalue weighted by Crippen LogP contribution is 2.13. The highest BCUT2D eigenvalue weighted by Gasteiger charge is 2.04. The fourth-order valence-corrected chi connectivity index (χ4v) is 2.38. The van der Waals surface area contributed by atoms with E-state index in [4.69, 9.17) is 22.7 Å². The Labute approximate surface area is 110 Å². The van der Waals surface area contributed by atoms with Crippen LogP contribution in [0.1, 0.15) is 16.0 Å². The summed E-state index contributed by atoms with van der Waals surface area (Å²) < 4.78 is 5.65. The van der Waals surface area contributed by atoms with Gasteiger partial charge in [0.25, 0.3) is 0 Å². The van der Waals surface area contributed by atoms with Crippen molar-refractivity contribution in [2.75, 3.05) is 0 Å². The van der Waals surface area contributed by atoms with E-state index in [1.807, 2.05) is 35.7 Å². The normalized spacial score (nSPS) is 10.4. The Balaban J connectivity index is 1.97. The third-order valence-corrected chi connectivity index (χ3v) is 3.43. The predicted octanol–water partition coefficient (Wildman–Crippen LogP) is 3.10. The number of benzene rings is 1. The summed E-state index contributed by atoms with van der Waals surface area (Å²) in [5, 5.41) is 2.04. The van der Waals surface area contributed by atoms with Crippen LogP contribution >= 0.6 is 23.6 Å². The lowest BCUT2D eigenvalue weighted by Gasteiger charge is -2.08. The molecule has 2 aromatic rings. The van der Waals surface area contributed by atoms with Gasteiger partial charge in [-0.05, 0) is 17.0 Å². The maximum Gasteiger partial charge on any atom is 0.104 e. The molecule has 0 amide bonds. The molecule has 88 valence electrons. The maximum atomic E-state index is 5.66. The van der Waals surface area contributed by atoms with Crippen LogP contribution in [0.15, 0.2) is 41.8 Å². The van der Waals surface area contributed by atoms with Crippen LogP contribution in [0.3, 0.4) is 0 Å². The molecule has 4 heteroatoms. The van der Waals surface area contributed by atoms with Gasteiger partial charge in [-0.3, -0.25) is 0 Å². The molecule has 0 fully saturated rings. The van der Waals surface area contributed by atoms with Gasteiger partial charge in [-0.1, -0.05) is 42.5 Å². The van der Waals surface area contributed by atoms with Crippen molar-refractivity contribution in [2.45, 2.75) is 13.2 Å². The average molecular weight is 263 g/mol. The van der Waals surface area contributed by atoms with Gasteiger partial charge in [-0.15, -0.1) is 11.3 Å². The minimum atomic E-state index is 0.417. The van der Waals surface area contributed by atoms with Crippen LogP contribution in [0.4, 0.5) is 0 Å². The molecular weight excluding hydrogens is 250 g/mol. The number of ether oxygens (including phenoxy) is 1. The lowest BCUT2D eigenvalue weighted by molar-refractivity contribution is 0.109. The maximum absolute atomic E-state index is 5.66. The van der Waals surface area contributed by atoms with Crippen molar-refractivity contribution < 1.29 is 4.74 Å². The molecule has 2 rings (SSSR count). The topological polar surface area (TPSA) is 35.2 Å². The zero-order chi connectivity index (χ0) is 12.1. The average Bonchev–Trinajstić information content (AvgIpc) is 2.82. The minimum Gasteiger partial charge on any atom is -0.389 e. The lowest BCUT2D eigenvalue weighted by Crippen LogP contribution is -2.12. The summed E-state index contributed by atoms with van der Waals surface area (Å²) in [6, 6.07) is 11.9. The van der Waals surface area contributed by atoms with Crippen molar-refractivity contribution in [3.8, 4) is 0 Å². The van der Waals surface area contributed by atoms with Gasteiger partial charge in [0.2, 0.25) is 0 Å². The number of thiocarbonyl (C=S) groups is 1. The number of hydrogen-bond donors (Lipinski definition) is 1. The smallest absolute Gasteiger partial charge is 0.104 e. The molecule has 0 spiro atoms. The molecule has 1 aromatic carbocycles. The Morgan fingerprint density at radius 2 is 2.00 bits per heavy atom. The molecule has 17 heavy (non-hydrogen) atoms. The standard InChI is InChI=1S/C13H13NOS2/c14-13(16)12-6-2-1-4-10(12)8-15-9-11-5-3-7-17-11/h1-7H,8-9H2,(H2,14,16). The lowest BCUT2D eigenvalue weighted by atomic mass is 10.1. The summed E-state index contributed by atoms with van der Waals surface area (Å²) >= 11 is 6.70. The largest absolute Gasteiger partial charge is 0.389 e. The van der Waals surface area contributed by atoms with E-state index in [0.717, 1.165) is 11.1 Å². The Bertz CT molecular complexity index is 494. The second kappa shape index (κ2) is 5.91. The van der Waals surface area contributed by atoms with Gasteiger partial charge in [0.15, 0.2) is 0 Å². The first-order chi connectivity index (χ1) is 8.27. The SMILES string of the molecule is NC(=S)c1ccccc1COCc1cccs1. The Morgan fingerprint density at radius 3 is 2.71 bits per heavy atom. The monoisotopic (exact) mass is 263 g/mol. The predicted molar refractivity (Wildman–Crippen MR) is 75.1 cm³/mol. The van der Waals surface area contributed by atoms with E-state index in [9.17, 15) is 0 Å². The van der Waals surface area contributed by atoms with Gasteiger partial charge >= 0.3 is 0 Å². The molecule has 0 aliphatic rings. The molecule has 2 N–H and O–H groups in total. The van der Waals surface area contributed by atoms with E-state index in [-0.39, 0.29) is 0 Å². The third kappa shape index (κ3) is 3.36. The molecule has 0 atom stereocenters. The Kier molecular flexibility index (Phi) is 4.25. The zero-order valence-corrected chi connectivity index (χ0v) is 10.9. The number of hydrogen-bond acceptors (Lipinski definition) is 3. The molecule has 1 heterocycles. The summed E-state index contributed by atoms with van der Waals surface area (Å²) in [7, 11) is 0. The fourth-order valence-electron chi connectivity index (χ4n) is 1.54. The second-order valence-corrected chi connectivity index (χ2v) is 5.07. The van der Waals surface area contributed by atoms with Crippen LogP contribution in [0.5, 0.6) is 0 Å². The molecule has 0 saturated heterocycles. The summed E-state index contributed by atoms with van der Waals surface area (Å²) in [6.45, 7) is 1.16. The van der Waals surface area contributed by atoms with Crippen LogP contribution in [0, 0.1) is 0 Å². The Morgan fingerprint density at radius 1 is 1.18 bits per heavy atom. The molecule has 0 unspecified atom stereocenters.